The highest BCUT2D eigenvalue weighted by Gasteiger charge is 2.27. The second-order valence-electron chi connectivity index (χ2n) is 8.21. The fraction of sp³-hybridized carbons (Fsp3) is 0.227. The van der Waals surface area contributed by atoms with E-state index in [1.54, 1.807) is 33.7 Å². The first-order valence-corrected chi connectivity index (χ1v) is 10.9. The number of benzene rings is 2. The molecule has 0 bridgehead atoms. The number of carbonyl (C=O) groups excluding carboxylic acids is 1. The third-order valence-electron chi connectivity index (χ3n) is 5.97. The van der Waals surface area contributed by atoms with E-state index >= 15 is 0 Å². The summed E-state index contributed by atoms with van der Waals surface area (Å²) in [6.07, 6.45) is 1.17. The van der Waals surface area contributed by atoms with Crippen molar-refractivity contribution in [2.45, 2.75) is 18.9 Å². The molecule has 1 saturated heterocycles. The number of carbonyl (C=O) groups is 1. The number of hydrogen-bond donors (Lipinski definition) is 2. The lowest BCUT2D eigenvalue weighted by Crippen LogP contribution is -2.32. The van der Waals surface area contributed by atoms with E-state index in [4.69, 9.17) is 22.4 Å². The second kappa shape index (κ2) is 7.46. The Morgan fingerprint density at radius 2 is 2.03 bits per heavy atom. The minimum Gasteiger partial charge on any atom is -0.338 e. The Morgan fingerprint density at radius 1 is 1.21 bits per heavy atom. The van der Waals surface area contributed by atoms with Gasteiger partial charge >= 0.3 is 0 Å². The van der Waals surface area contributed by atoms with Crippen molar-refractivity contribution >= 4 is 45.4 Å². The van der Waals surface area contributed by atoms with E-state index in [9.17, 15) is 9.18 Å². The number of halogens is 2. The Labute approximate surface area is 191 Å². The SMILES string of the molecule is N[C@H]1CCN(C(=O)c2ccc3[nH]c4nc5nnc(Cc6ccc(F)cc6)n5nc4c3c2Cl)C1. The predicted molar refractivity (Wildman–Crippen MR) is 121 cm³/mol. The highest BCUT2D eigenvalue weighted by Crippen LogP contribution is 2.33. The van der Waals surface area contributed by atoms with Crippen molar-refractivity contribution in [2.75, 3.05) is 13.1 Å². The number of hydrogen-bond acceptors (Lipinski definition) is 6. The zero-order chi connectivity index (χ0) is 22.7. The van der Waals surface area contributed by atoms with Crippen LogP contribution in [0.2, 0.25) is 5.02 Å². The number of nitrogens with one attached hydrogen (secondary N) is 1. The molecule has 3 N–H and O–H groups in total. The number of nitrogens with two attached hydrogens (primary N) is 1. The number of rotatable bonds is 3. The zero-order valence-electron chi connectivity index (χ0n) is 17.3. The van der Waals surface area contributed by atoms with Crippen molar-refractivity contribution in [3.05, 3.63) is 64.2 Å². The van der Waals surface area contributed by atoms with Crippen molar-refractivity contribution in [2.24, 2.45) is 5.73 Å². The van der Waals surface area contributed by atoms with Crippen LogP contribution < -0.4 is 5.73 Å². The molecule has 0 unspecified atom stereocenters. The molecule has 11 heteroatoms. The van der Waals surface area contributed by atoms with Crippen LogP contribution in [-0.4, -0.2) is 59.7 Å². The Morgan fingerprint density at radius 3 is 2.79 bits per heavy atom. The van der Waals surface area contributed by atoms with E-state index in [0.717, 1.165) is 12.0 Å². The average molecular weight is 465 g/mol. The van der Waals surface area contributed by atoms with Gasteiger partial charge < -0.3 is 15.6 Å². The van der Waals surface area contributed by atoms with Gasteiger partial charge in [0.25, 0.3) is 11.7 Å². The van der Waals surface area contributed by atoms with Crippen LogP contribution >= 0.6 is 11.6 Å². The summed E-state index contributed by atoms with van der Waals surface area (Å²) in [4.78, 5) is 22.5. The van der Waals surface area contributed by atoms with Crippen molar-refractivity contribution in [1.82, 2.24) is 34.7 Å². The van der Waals surface area contributed by atoms with Gasteiger partial charge in [0.15, 0.2) is 11.5 Å². The molecular weight excluding hydrogens is 447 g/mol. The molecule has 5 aromatic rings. The van der Waals surface area contributed by atoms with Gasteiger partial charge in [-0.05, 0) is 36.2 Å². The van der Waals surface area contributed by atoms with Crippen LogP contribution in [0, 0.1) is 5.82 Å². The lowest BCUT2D eigenvalue weighted by molar-refractivity contribution is 0.0791. The van der Waals surface area contributed by atoms with Gasteiger partial charge in [0, 0.05) is 30.9 Å². The number of fused-ring (bicyclic) bond motifs is 4. The monoisotopic (exact) mass is 464 g/mol. The molecule has 4 heterocycles. The van der Waals surface area contributed by atoms with Gasteiger partial charge in [0.05, 0.1) is 16.1 Å². The van der Waals surface area contributed by atoms with Crippen molar-refractivity contribution < 1.29 is 9.18 Å². The molecule has 2 aromatic carbocycles. The van der Waals surface area contributed by atoms with Gasteiger partial charge in [-0.1, -0.05) is 23.7 Å². The molecule has 0 radical (unpaired) electrons. The van der Waals surface area contributed by atoms with E-state index in [-0.39, 0.29) is 17.8 Å². The first-order chi connectivity index (χ1) is 16.0. The maximum atomic E-state index is 13.2. The number of H-pyrrole nitrogens is 1. The number of amides is 1. The van der Waals surface area contributed by atoms with Crippen LogP contribution in [0.5, 0.6) is 0 Å². The summed E-state index contributed by atoms with van der Waals surface area (Å²) >= 11 is 6.74. The lowest BCUT2D eigenvalue weighted by atomic mass is 10.1. The van der Waals surface area contributed by atoms with Gasteiger partial charge in [0.2, 0.25) is 0 Å². The summed E-state index contributed by atoms with van der Waals surface area (Å²) in [6.45, 7) is 1.12. The van der Waals surface area contributed by atoms with Gasteiger partial charge in [-0.2, -0.15) is 14.6 Å². The molecule has 1 aliphatic heterocycles. The third kappa shape index (κ3) is 3.30. The fourth-order valence-corrected chi connectivity index (χ4v) is 4.61. The Hall–Kier alpha value is -3.63. The van der Waals surface area contributed by atoms with Crippen LogP contribution in [0.15, 0.2) is 36.4 Å². The third-order valence-corrected chi connectivity index (χ3v) is 6.37. The smallest absolute Gasteiger partial charge is 0.273 e. The summed E-state index contributed by atoms with van der Waals surface area (Å²) in [7, 11) is 0. The molecule has 1 atom stereocenters. The summed E-state index contributed by atoms with van der Waals surface area (Å²) in [6, 6.07) is 9.66. The number of aromatic nitrogens is 6. The van der Waals surface area contributed by atoms with E-state index < -0.39 is 0 Å². The number of nitrogens with zero attached hydrogens (tertiary/aromatic N) is 6. The lowest BCUT2D eigenvalue weighted by Gasteiger charge is -2.16. The van der Waals surface area contributed by atoms with Crippen molar-refractivity contribution in [3.8, 4) is 0 Å². The molecule has 6 rings (SSSR count). The van der Waals surface area contributed by atoms with Gasteiger partial charge in [-0.15, -0.1) is 10.2 Å². The average Bonchev–Trinajstić information content (AvgIpc) is 3.51. The molecule has 1 aliphatic rings. The normalized spacial score (nSPS) is 16.5. The Kier molecular flexibility index (Phi) is 4.52. The van der Waals surface area contributed by atoms with Gasteiger partial charge in [-0.25, -0.2) is 4.39 Å². The summed E-state index contributed by atoms with van der Waals surface area (Å²) < 4.78 is 14.8. The molecule has 33 heavy (non-hydrogen) atoms. The first kappa shape index (κ1) is 20.0. The second-order valence-corrected chi connectivity index (χ2v) is 8.59. The molecule has 0 spiro atoms. The van der Waals surface area contributed by atoms with E-state index in [1.165, 1.54) is 12.1 Å². The largest absolute Gasteiger partial charge is 0.338 e. The predicted octanol–water partition coefficient (Wildman–Crippen LogP) is 2.71. The Bertz CT molecular complexity index is 1540. The minimum atomic E-state index is -0.305. The van der Waals surface area contributed by atoms with Crippen molar-refractivity contribution in [1.29, 1.82) is 0 Å². The summed E-state index contributed by atoms with van der Waals surface area (Å²) in [5.74, 6) is 0.417. The van der Waals surface area contributed by atoms with Gasteiger partial charge in [-0.3, -0.25) is 4.79 Å². The van der Waals surface area contributed by atoms with Crippen LogP contribution in [0.4, 0.5) is 4.39 Å². The molecule has 0 saturated carbocycles. The highest BCUT2D eigenvalue weighted by atomic mass is 35.5. The molecule has 166 valence electrons. The standard InChI is InChI=1S/C22H18ClFN8O/c23-18-14(21(33)31-8-7-13(25)10-31)5-6-15-17(18)19-20(26-15)27-22-29-28-16(32(22)30-19)9-11-1-3-12(24)4-2-11/h1-6,13H,7-10,25H2,(H,26,27,29)/t13-/m0/s1. The number of aromatic amines is 1. The first-order valence-electron chi connectivity index (χ1n) is 10.5. The van der Waals surface area contributed by atoms with E-state index in [1.807, 2.05) is 0 Å². The minimum absolute atomic E-state index is 0.0167. The maximum Gasteiger partial charge on any atom is 0.273 e. The molecule has 3 aromatic heterocycles. The van der Waals surface area contributed by atoms with Crippen LogP contribution in [-0.2, 0) is 6.42 Å². The molecule has 1 amide bonds. The summed E-state index contributed by atoms with van der Waals surface area (Å²) in [5.41, 5.74) is 8.94. The molecule has 0 aliphatic carbocycles. The van der Waals surface area contributed by atoms with Crippen molar-refractivity contribution in [3.63, 3.8) is 0 Å². The van der Waals surface area contributed by atoms with Crippen LogP contribution in [0.3, 0.4) is 0 Å². The zero-order valence-corrected chi connectivity index (χ0v) is 18.1. The topological polar surface area (TPSA) is 118 Å². The number of likely N-dealkylation sites (tertiary alicyclic amines) is 1. The van der Waals surface area contributed by atoms with Crippen LogP contribution in [0.25, 0.3) is 27.8 Å². The Balaban J connectivity index is 1.47. The fourth-order valence-electron chi connectivity index (χ4n) is 4.27. The van der Waals surface area contributed by atoms with E-state index in [2.05, 4.69) is 20.2 Å². The van der Waals surface area contributed by atoms with E-state index in [0.29, 0.717) is 63.8 Å². The van der Waals surface area contributed by atoms with Crippen LogP contribution in [0.1, 0.15) is 28.2 Å². The molecular formula is C22H18ClFN8O. The maximum absolute atomic E-state index is 13.2. The quantitative estimate of drug-likeness (QED) is 0.424. The highest BCUT2D eigenvalue weighted by molar-refractivity contribution is 6.40. The summed E-state index contributed by atoms with van der Waals surface area (Å²) in [5, 5.41) is 13.9. The molecule has 9 nitrogen and oxygen atoms in total. The van der Waals surface area contributed by atoms with Gasteiger partial charge in [0.1, 0.15) is 11.3 Å². The molecule has 1 fully saturated rings.